The van der Waals surface area contributed by atoms with E-state index in [-0.39, 0.29) is 5.91 Å². The monoisotopic (exact) mass is 290 g/mol. The van der Waals surface area contributed by atoms with Crippen molar-refractivity contribution in [2.75, 3.05) is 25.0 Å². The molecule has 0 spiro atoms. The van der Waals surface area contributed by atoms with E-state index in [0.717, 1.165) is 43.8 Å². The predicted molar refractivity (Wildman–Crippen MR) is 85.8 cm³/mol. The van der Waals surface area contributed by atoms with Crippen molar-refractivity contribution >= 4 is 11.6 Å². The van der Waals surface area contributed by atoms with Crippen LogP contribution in [-0.4, -0.2) is 42.6 Å². The third-order valence-electron chi connectivity index (χ3n) is 4.03. The number of rotatable bonds is 7. The highest BCUT2D eigenvalue weighted by Gasteiger charge is 2.29. The molecular formula is C17H26N2O2. The molecule has 2 rings (SSSR count). The Balaban J connectivity index is 1.94. The van der Waals surface area contributed by atoms with Gasteiger partial charge in [-0.25, -0.2) is 0 Å². The molecule has 0 atom stereocenters. The number of ether oxygens (including phenoxy) is 1. The Bertz CT molecular complexity index is 466. The van der Waals surface area contributed by atoms with Crippen LogP contribution in [0.15, 0.2) is 24.3 Å². The summed E-state index contributed by atoms with van der Waals surface area (Å²) in [5.74, 6) is 0.101. The Morgan fingerprint density at radius 3 is 2.62 bits per heavy atom. The Morgan fingerprint density at radius 1 is 1.29 bits per heavy atom. The molecule has 1 amide bonds. The summed E-state index contributed by atoms with van der Waals surface area (Å²) in [5.41, 5.74) is 1.78. The zero-order chi connectivity index (χ0) is 15.2. The van der Waals surface area contributed by atoms with Gasteiger partial charge >= 0.3 is 0 Å². The van der Waals surface area contributed by atoms with Crippen LogP contribution < -0.4 is 5.32 Å². The largest absolute Gasteiger partial charge is 0.382 e. The zero-order valence-electron chi connectivity index (χ0n) is 13.3. The quantitative estimate of drug-likeness (QED) is 0.838. The number of hydrogen-bond acceptors (Lipinski definition) is 3. The van der Waals surface area contributed by atoms with Crippen LogP contribution in [0.4, 0.5) is 5.69 Å². The van der Waals surface area contributed by atoms with Crippen LogP contribution >= 0.6 is 0 Å². The van der Waals surface area contributed by atoms with Gasteiger partial charge in [0.2, 0.25) is 0 Å². The van der Waals surface area contributed by atoms with Crippen LogP contribution in [0.5, 0.6) is 0 Å². The van der Waals surface area contributed by atoms with E-state index in [0.29, 0.717) is 12.1 Å². The highest BCUT2D eigenvalue weighted by atomic mass is 16.5. The lowest BCUT2D eigenvalue weighted by atomic mass is 9.89. The predicted octanol–water partition coefficient (Wildman–Crippen LogP) is 3.15. The number of nitrogens with zero attached hydrogens (tertiary/aromatic N) is 1. The van der Waals surface area contributed by atoms with E-state index in [1.54, 1.807) is 0 Å². The van der Waals surface area contributed by atoms with Gasteiger partial charge in [-0.05, 0) is 51.8 Å². The number of carbonyl (C=O) groups is 1. The Labute approximate surface area is 127 Å². The van der Waals surface area contributed by atoms with Crippen LogP contribution in [-0.2, 0) is 4.74 Å². The highest BCUT2D eigenvalue weighted by Crippen LogP contribution is 2.27. The second-order valence-corrected chi connectivity index (χ2v) is 5.45. The molecule has 1 N–H and O–H groups in total. The van der Waals surface area contributed by atoms with E-state index < -0.39 is 0 Å². The summed E-state index contributed by atoms with van der Waals surface area (Å²) in [6, 6.07) is 8.26. The standard InChI is InChI=1S/C17H26N2O2/c1-4-19(5-2)17(20)13-8-7-9-14(10-13)18-15-11-16(12-15)21-6-3/h7-10,15-16,18H,4-6,11-12H2,1-3H3. The molecule has 1 saturated carbocycles. The molecule has 0 heterocycles. The maximum Gasteiger partial charge on any atom is 0.253 e. The lowest BCUT2D eigenvalue weighted by molar-refractivity contribution is 0.00299. The fourth-order valence-corrected chi connectivity index (χ4v) is 2.73. The summed E-state index contributed by atoms with van der Waals surface area (Å²) in [7, 11) is 0. The van der Waals surface area contributed by atoms with Gasteiger partial charge in [-0.2, -0.15) is 0 Å². The molecule has 0 bridgehead atoms. The molecule has 0 radical (unpaired) electrons. The van der Waals surface area contributed by atoms with Gasteiger partial charge in [0.05, 0.1) is 6.10 Å². The van der Waals surface area contributed by atoms with E-state index in [2.05, 4.69) is 5.32 Å². The normalized spacial score (nSPS) is 20.7. The van der Waals surface area contributed by atoms with Crippen molar-refractivity contribution in [3.63, 3.8) is 0 Å². The molecule has 116 valence electrons. The molecular weight excluding hydrogens is 264 g/mol. The Morgan fingerprint density at radius 2 is 2.00 bits per heavy atom. The number of benzene rings is 1. The van der Waals surface area contributed by atoms with Crippen LogP contribution in [0.1, 0.15) is 44.0 Å². The summed E-state index contributed by atoms with van der Waals surface area (Å²) in [6.07, 6.45) is 2.48. The molecule has 1 fully saturated rings. The molecule has 4 nitrogen and oxygen atoms in total. The van der Waals surface area contributed by atoms with Gasteiger partial charge in [-0.1, -0.05) is 6.07 Å². The third-order valence-corrected chi connectivity index (χ3v) is 4.03. The fourth-order valence-electron chi connectivity index (χ4n) is 2.73. The summed E-state index contributed by atoms with van der Waals surface area (Å²) in [4.78, 5) is 14.2. The number of nitrogens with one attached hydrogen (secondary N) is 1. The van der Waals surface area contributed by atoms with Crippen molar-refractivity contribution in [1.82, 2.24) is 4.90 Å². The van der Waals surface area contributed by atoms with E-state index >= 15 is 0 Å². The summed E-state index contributed by atoms with van der Waals surface area (Å²) in [5, 5.41) is 3.49. The lowest BCUT2D eigenvalue weighted by Gasteiger charge is -2.36. The van der Waals surface area contributed by atoms with Crippen molar-refractivity contribution in [3.8, 4) is 0 Å². The first-order chi connectivity index (χ1) is 10.2. The summed E-state index contributed by atoms with van der Waals surface area (Å²) in [6.45, 7) is 8.31. The van der Waals surface area contributed by atoms with Gasteiger partial charge < -0.3 is 15.0 Å². The average molecular weight is 290 g/mol. The van der Waals surface area contributed by atoms with Gasteiger partial charge in [-0.15, -0.1) is 0 Å². The van der Waals surface area contributed by atoms with Gasteiger partial charge in [-0.3, -0.25) is 4.79 Å². The smallest absolute Gasteiger partial charge is 0.253 e. The van der Waals surface area contributed by atoms with E-state index in [4.69, 9.17) is 4.74 Å². The average Bonchev–Trinajstić information content (AvgIpc) is 2.46. The van der Waals surface area contributed by atoms with Crippen LogP contribution in [0.25, 0.3) is 0 Å². The van der Waals surface area contributed by atoms with Crippen molar-refractivity contribution < 1.29 is 9.53 Å². The zero-order valence-corrected chi connectivity index (χ0v) is 13.3. The molecule has 4 heteroatoms. The first-order valence-corrected chi connectivity index (χ1v) is 7.95. The topological polar surface area (TPSA) is 41.6 Å². The van der Waals surface area contributed by atoms with Crippen LogP contribution in [0.2, 0.25) is 0 Å². The molecule has 0 aromatic heterocycles. The molecule has 21 heavy (non-hydrogen) atoms. The maximum atomic E-state index is 12.3. The SMILES string of the molecule is CCOC1CC(Nc2cccc(C(=O)N(CC)CC)c2)C1. The van der Waals surface area contributed by atoms with Gasteiger partial charge in [0, 0.05) is 37.0 Å². The molecule has 1 aromatic rings. The van der Waals surface area contributed by atoms with Crippen molar-refractivity contribution in [3.05, 3.63) is 29.8 Å². The molecule has 0 aliphatic heterocycles. The van der Waals surface area contributed by atoms with Crippen molar-refractivity contribution in [2.45, 2.75) is 45.8 Å². The number of carbonyl (C=O) groups excluding carboxylic acids is 1. The molecule has 1 aliphatic carbocycles. The van der Waals surface area contributed by atoms with Gasteiger partial charge in [0.15, 0.2) is 0 Å². The molecule has 0 saturated heterocycles. The van der Waals surface area contributed by atoms with E-state index in [1.165, 1.54) is 0 Å². The van der Waals surface area contributed by atoms with Gasteiger partial charge in [0.25, 0.3) is 5.91 Å². The third kappa shape index (κ3) is 3.97. The van der Waals surface area contributed by atoms with Crippen molar-refractivity contribution in [1.29, 1.82) is 0 Å². The van der Waals surface area contributed by atoms with E-state index in [9.17, 15) is 4.79 Å². The fraction of sp³-hybridized carbons (Fsp3) is 0.588. The Kier molecular flexibility index (Phi) is 5.62. The molecule has 1 aromatic carbocycles. The van der Waals surface area contributed by atoms with Crippen LogP contribution in [0, 0.1) is 0 Å². The number of hydrogen-bond donors (Lipinski definition) is 1. The maximum absolute atomic E-state index is 12.3. The molecule has 0 unspecified atom stereocenters. The lowest BCUT2D eigenvalue weighted by Crippen LogP contribution is -2.40. The highest BCUT2D eigenvalue weighted by molar-refractivity contribution is 5.95. The first-order valence-electron chi connectivity index (χ1n) is 7.95. The second kappa shape index (κ2) is 7.46. The number of amides is 1. The minimum Gasteiger partial charge on any atom is -0.382 e. The second-order valence-electron chi connectivity index (χ2n) is 5.45. The first kappa shape index (κ1) is 15.8. The van der Waals surface area contributed by atoms with Crippen molar-refractivity contribution in [2.24, 2.45) is 0 Å². The van der Waals surface area contributed by atoms with Crippen LogP contribution in [0.3, 0.4) is 0 Å². The molecule has 1 aliphatic rings. The van der Waals surface area contributed by atoms with Gasteiger partial charge in [0.1, 0.15) is 0 Å². The Hall–Kier alpha value is -1.55. The minimum absolute atomic E-state index is 0.101. The van der Waals surface area contributed by atoms with E-state index in [1.807, 2.05) is 49.9 Å². The number of anilines is 1. The summed E-state index contributed by atoms with van der Waals surface area (Å²) < 4.78 is 5.57. The summed E-state index contributed by atoms with van der Waals surface area (Å²) >= 11 is 0. The minimum atomic E-state index is 0.101.